The van der Waals surface area contributed by atoms with Crippen molar-refractivity contribution in [2.75, 3.05) is 20.8 Å². The molecule has 4 aromatic rings. The number of allylic oxidation sites excluding steroid dienone is 1. The third-order valence-corrected chi connectivity index (χ3v) is 6.65. The Morgan fingerprint density at radius 1 is 1.02 bits per heavy atom. The number of esters is 2. The van der Waals surface area contributed by atoms with E-state index >= 15 is 0 Å². The van der Waals surface area contributed by atoms with Gasteiger partial charge in [0.2, 0.25) is 5.62 Å². The minimum absolute atomic E-state index is 0.191. The van der Waals surface area contributed by atoms with Crippen LogP contribution in [-0.4, -0.2) is 47.3 Å². The molecule has 0 radical (unpaired) electrons. The molecule has 0 saturated carbocycles. The molecule has 2 aromatic heterocycles. The van der Waals surface area contributed by atoms with Crippen LogP contribution in [-0.2, 0) is 14.3 Å². The molecule has 2 aromatic carbocycles. The fraction of sp³-hybridized carbons (Fsp3) is 0.200. The van der Waals surface area contributed by atoms with Crippen molar-refractivity contribution in [1.29, 1.82) is 0 Å². The predicted octanol–water partition coefficient (Wildman–Crippen LogP) is 2.86. The Kier molecular flexibility index (Phi) is 7.24. The highest BCUT2D eigenvalue weighted by Crippen LogP contribution is 2.31. The second-order valence-electron chi connectivity index (χ2n) is 9.09. The first kappa shape index (κ1) is 26.5. The summed E-state index contributed by atoms with van der Waals surface area (Å²) < 4.78 is 16.9. The van der Waals surface area contributed by atoms with E-state index in [-0.39, 0.29) is 17.5 Å². The van der Waals surface area contributed by atoms with Crippen LogP contribution in [0.3, 0.4) is 0 Å². The summed E-state index contributed by atoms with van der Waals surface area (Å²) in [6.07, 6.45) is 1.68. The van der Waals surface area contributed by atoms with Crippen LogP contribution in [0.5, 0.6) is 5.75 Å². The van der Waals surface area contributed by atoms with E-state index in [2.05, 4.69) is 15.0 Å². The summed E-state index contributed by atoms with van der Waals surface area (Å²) in [5.41, 5.74) is 4.07. The minimum atomic E-state index is -0.747. The van der Waals surface area contributed by atoms with E-state index in [0.717, 1.165) is 11.3 Å². The molecule has 5 rings (SSSR count). The molecule has 0 saturated heterocycles. The van der Waals surface area contributed by atoms with Crippen molar-refractivity contribution in [3.05, 3.63) is 110 Å². The SMILES string of the molecule is CCOC(=O)C1=C(C)N=c2[nH]/c(=C\c3ccc(-c4cccc(C(=O)OC)c4)[nH]3)c(=O)n2C1c1ccc(OC)cc1. The number of ether oxygens (including phenoxy) is 3. The maximum absolute atomic E-state index is 13.8. The molecule has 3 heterocycles. The Labute approximate surface area is 229 Å². The number of nitrogens with zero attached hydrogens (tertiary/aromatic N) is 2. The molecule has 1 aliphatic rings. The molecule has 0 aliphatic carbocycles. The summed E-state index contributed by atoms with van der Waals surface area (Å²) in [4.78, 5) is 49.6. The van der Waals surface area contributed by atoms with E-state index in [9.17, 15) is 14.4 Å². The van der Waals surface area contributed by atoms with Gasteiger partial charge in [0.25, 0.3) is 5.56 Å². The van der Waals surface area contributed by atoms with Crippen LogP contribution in [0.25, 0.3) is 17.3 Å². The van der Waals surface area contributed by atoms with Gasteiger partial charge in [-0.1, -0.05) is 24.3 Å². The average molecular weight is 541 g/mol. The lowest BCUT2D eigenvalue weighted by Crippen LogP contribution is -2.40. The lowest BCUT2D eigenvalue weighted by atomic mass is 9.96. The highest BCUT2D eigenvalue weighted by atomic mass is 16.5. The Morgan fingerprint density at radius 3 is 2.50 bits per heavy atom. The second kappa shape index (κ2) is 10.9. The number of hydrogen-bond donors (Lipinski definition) is 2. The van der Waals surface area contributed by atoms with Gasteiger partial charge in [-0.2, -0.15) is 0 Å². The fourth-order valence-corrected chi connectivity index (χ4v) is 4.75. The summed E-state index contributed by atoms with van der Waals surface area (Å²) in [5.74, 6) is -0.304. The smallest absolute Gasteiger partial charge is 0.338 e. The fourth-order valence-electron chi connectivity index (χ4n) is 4.75. The van der Waals surface area contributed by atoms with Gasteiger partial charge in [-0.05, 0) is 67.4 Å². The van der Waals surface area contributed by atoms with Crippen LogP contribution in [0.1, 0.15) is 41.5 Å². The molecule has 2 N–H and O–H groups in total. The first-order chi connectivity index (χ1) is 19.3. The molecule has 1 atom stereocenters. The molecule has 0 bridgehead atoms. The third kappa shape index (κ3) is 4.86. The number of methoxy groups -OCH3 is 2. The van der Waals surface area contributed by atoms with Gasteiger partial charge in [-0.15, -0.1) is 0 Å². The molecule has 204 valence electrons. The van der Waals surface area contributed by atoms with Crippen LogP contribution in [0.15, 0.2) is 81.7 Å². The molecule has 1 unspecified atom stereocenters. The number of benzene rings is 2. The molecule has 0 spiro atoms. The summed E-state index contributed by atoms with van der Waals surface area (Å²) in [6, 6.07) is 17.2. The Balaban J connectivity index is 1.59. The lowest BCUT2D eigenvalue weighted by Gasteiger charge is -2.24. The topological polar surface area (TPSA) is 128 Å². The number of aromatic amines is 2. The van der Waals surface area contributed by atoms with Crippen molar-refractivity contribution >= 4 is 18.0 Å². The molecular formula is C30H28N4O6. The number of fused-ring (bicyclic) bond motifs is 1. The standard InChI is InChI=1S/C30H28N4O6/c1-5-40-29(37)25-17(2)31-30-33-24(27(35)34(30)26(25)18-9-12-22(38-3)13-10-18)16-21-11-14-23(32-21)19-7-6-8-20(15-19)28(36)39-4/h6-16,26,32H,5H2,1-4H3,(H,31,33)/b24-16-. The van der Waals surface area contributed by atoms with E-state index in [0.29, 0.717) is 39.5 Å². The van der Waals surface area contributed by atoms with Gasteiger partial charge in [0, 0.05) is 11.4 Å². The largest absolute Gasteiger partial charge is 0.497 e. The molecule has 0 fully saturated rings. The number of rotatable bonds is 7. The monoisotopic (exact) mass is 540 g/mol. The van der Waals surface area contributed by atoms with E-state index in [1.165, 1.54) is 11.7 Å². The summed E-state index contributed by atoms with van der Waals surface area (Å²) in [7, 11) is 2.91. The van der Waals surface area contributed by atoms with Crippen molar-refractivity contribution < 1.29 is 23.8 Å². The number of H-pyrrole nitrogens is 2. The maximum atomic E-state index is 13.8. The Hall–Kier alpha value is -5.12. The Bertz CT molecular complexity index is 1810. The van der Waals surface area contributed by atoms with Crippen molar-refractivity contribution in [3.8, 4) is 17.0 Å². The van der Waals surface area contributed by atoms with Gasteiger partial charge in [0.05, 0.1) is 43.7 Å². The van der Waals surface area contributed by atoms with Crippen molar-refractivity contribution in [2.45, 2.75) is 19.9 Å². The van der Waals surface area contributed by atoms with E-state index in [4.69, 9.17) is 14.2 Å². The lowest BCUT2D eigenvalue weighted by molar-refractivity contribution is -0.139. The summed E-state index contributed by atoms with van der Waals surface area (Å²) in [5, 5.41) is 0.284. The van der Waals surface area contributed by atoms with Crippen LogP contribution in [0, 0.1) is 0 Å². The number of hydrogen-bond acceptors (Lipinski definition) is 7. The van der Waals surface area contributed by atoms with Gasteiger partial charge in [0.15, 0.2) is 0 Å². The van der Waals surface area contributed by atoms with Gasteiger partial charge >= 0.3 is 11.9 Å². The van der Waals surface area contributed by atoms with Gasteiger partial charge in [0.1, 0.15) is 11.1 Å². The van der Waals surface area contributed by atoms with Gasteiger partial charge in [-0.25, -0.2) is 14.6 Å². The second-order valence-corrected chi connectivity index (χ2v) is 9.09. The van der Waals surface area contributed by atoms with Crippen LogP contribution < -0.4 is 21.3 Å². The van der Waals surface area contributed by atoms with Gasteiger partial charge in [-0.3, -0.25) is 9.36 Å². The number of carbonyl (C=O) groups is 2. The minimum Gasteiger partial charge on any atom is -0.497 e. The molecule has 0 amide bonds. The van der Waals surface area contributed by atoms with Crippen LogP contribution >= 0.6 is 0 Å². The zero-order valence-electron chi connectivity index (χ0n) is 22.5. The number of carbonyl (C=O) groups excluding carboxylic acids is 2. The summed E-state index contributed by atoms with van der Waals surface area (Å²) >= 11 is 0. The van der Waals surface area contributed by atoms with E-state index in [1.807, 2.05) is 30.3 Å². The first-order valence-corrected chi connectivity index (χ1v) is 12.6. The van der Waals surface area contributed by atoms with Crippen LogP contribution in [0.2, 0.25) is 0 Å². The van der Waals surface area contributed by atoms with E-state index < -0.39 is 18.0 Å². The number of nitrogens with one attached hydrogen (secondary N) is 2. The molecule has 10 nitrogen and oxygen atoms in total. The summed E-state index contributed by atoms with van der Waals surface area (Å²) in [6.45, 7) is 3.64. The number of imidazole rings is 1. The van der Waals surface area contributed by atoms with Crippen molar-refractivity contribution in [3.63, 3.8) is 0 Å². The maximum Gasteiger partial charge on any atom is 0.338 e. The van der Waals surface area contributed by atoms with E-state index in [1.54, 1.807) is 57.4 Å². The predicted molar refractivity (Wildman–Crippen MR) is 147 cm³/mol. The zero-order chi connectivity index (χ0) is 28.4. The first-order valence-electron chi connectivity index (χ1n) is 12.6. The molecule has 40 heavy (non-hydrogen) atoms. The molecule has 1 aliphatic heterocycles. The molecular weight excluding hydrogens is 512 g/mol. The van der Waals surface area contributed by atoms with Crippen molar-refractivity contribution in [1.82, 2.24) is 14.5 Å². The number of aromatic nitrogens is 3. The molecule has 10 heteroatoms. The normalized spacial score (nSPS) is 14.9. The van der Waals surface area contributed by atoms with Crippen molar-refractivity contribution in [2.24, 2.45) is 4.99 Å². The van der Waals surface area contributed by atoms with Crippen LogP contribution in [0.4, 0.5) is 0 Å². The Morgan fingerprint density at radius 2 is 1.80 bits per heavy atom. The van der Waals surface area contributed by atoms with Gasteiger partial charge < -0.3 is 24.2 Å². The average Bonchev–Trinajstić information content (AvgIpc) is 3.56. The highest BCUT2D eigenvalue weighted by Gasteiger charge is 2.33. The quantitative estimate of drug-likeness (QED) is 0.347. The zero-order valence-corrected chi connectivity index (χ0v) is 22.5. The highest BCUT2D eigenvalue weighted by molar-refractivity contribution is 5.91. The third-order valence-electron chi connectivity index (χ3n) is 6.65.